The van der Waals surface area contributed by atoms with Crippen LogP contribution in [0.3, 0.4) is 0 Å². The zero-order valence-corrected chi connectivity index (χ0v) is 10.7. The molecule has 4 N–H and O–H groups in total. The third-order valence-electron chi connectivity index (χ3n) is 2.76. The van der Waals surface area contributed by atoms with Crippen molar-refractivity contribution >= 4 is 17.3 Å². The van der Waals surface area contributed by atoms with Gasteiger partial charge in [0.15, 0.2) is 0 Å². The number of hydrogen-bond donors (Lipinski definition) is 3. The highest BCUT2D eigenvalue weighted by molar-refractivity contribution is 5.90. The number of unbranched alkanes of at least 4 members (excludes halogenated alkanes) is 1. The van der Waals surface area contributed by atoms with E-state index in [1.54, 1.807) is 0 Å². The third kappa shape index (κ3) is 3.61. The van der Waals surface area contributed by atoms with Crippen LogP contribution in [0.25, 0.3) is 0 Å². The van der Waals surface area contributed by atoms with E-state index in [-0.39, 0.29) is 11.7 Å². The molecular formula is C13H19FN2O2. The summed E-state index contributed by atoms with van der Waals surface area (Å²) in [6.45, 7) is 4.08. The molecule has 1 atom stereocenters. The van der Waals surface area contributed by atoms with Gasteiger partial charge in [0.05, 0.1) is 16.9 Å². The summed E-state index contributed by atoms with van der Waals surface area (Å²) in [5.74, 6) is -2.09. The van der Waals surface area contributed by atoms with Gasteiger partial charge in [0.2, 0.25) is 0 Å². The Labute approximate surface area is 106 Å². The second-order valence-electron chi connectivity index (χ2n) is 4.41. The molecule has 0 aliphatic heterocycles. The summed E-state index contributed by atoms with van der Waals surface area (Å²) >= 11 is 0. The Morgan fingerprint density at radius 3 is 2.78 bits per heavy atom. The molecule has 0 spiro atoms. The van der Waals surface area contributed by atoms with Gasteiger partial charge in [-0.05, 0) is 25.5 Å². The number of anilines is 2. The van der Waals surface area contributed by atoms with E-state index in [2.05, 4.69) is 12.2 Å². The van der Waals surface area contributed by atoms with Gasteiger partial charge >= 0.3 is 5.97 Å². The first-order valence-electron chi connectivity index (χ1n) is 6.04. The van der Waals surface area contributed by atoms with Crippen LogP contribution in [0.15, 0.2) is 12.1 Å². The third-order valence-corrected chi connectivity index (χ3v) is 2.76. The largest absolute Gasteiger partial charge is 0.478 e. The second-order valence-corrected chi connectivity index (χ2v) is 4.41. The molecule has 0 radical (unpaired) electrons. The fraction of sp³-hybridized carbons (Fsp3) is 0.462. The predicted octanol–water partition coefficient (Wildman–Crippen LogP) is 3.10. The number of hydrogen-bond acceptors (Lipinski definition) is 3. The minimum atomic E-state index is -1.32. The molecule has 1 aromatic carbocycles. The number of nitrogens with one attached hydrogen (secondary N) is 1. The molecule has 100 valence electrons. The van der Waals surface area contributed by atoms with Gasteiger partial charge < -0.3 is 16.2 Å². The van der Waals surface area contributed by atoms with Crippen LogP contribution in [0.5, 0.6) is 0 Å². The van der Waals surface area contributed by atoms with Crippen molar-refractivity contribution in [3.05, 3.63) is 23.5 Å². The zero-order chi connectivity index (χ0) is 13.7. The quantitative estimate of drug-likeness (QED) is 0.682. The maximum Gasteiger partial charge on any atom is 0.338 e. The van der Waals surface area contributed by atoms with Crippen LogP contribution in [-0.2, 0) is 0 Å². The van der Waals surface area contributed by atoms with Gasteiger partial charge in [-0.3, -0.25) is 0 Å². The molecule has 0 bridgehead atoms. The highest BCUT2D eigenvalue weighted by atomic mass is 19.1. The number of carboxylic acid groups (broad SMARTS) is 1. The van der Waals surface area contributed by atoms with E-state index in [1.165, 1.54) is 0 Å². The summed E-state index contributed by atoms with van der Waals surface area (Å²) in [6, 6.07) is 2.45. The average Bonchev–Trinajstić information content (AvgIpc) is 2.30. The smallest absolute Gasteiger partial charge is 0.338 e. The van der Waals surface area contributed by atoms with Gasteiger partial charge in [-0.1, -0.05) is 19.8 Å². The first-order valence-corrected chi connectivity index (χ1v) is 6.04. The van der Waals surface area contributed by atoms with E-state index in [1.807, 2.05) is 6.92 Å². The van der Waals surface area contributed by atoms with Crippen LogP contribution in [0.4, 0.5) is 15.8 Å². The number of nitrogens with two attached hydrogens (primary N) is 1. The van der Waals surface area contributed by atoms with Gasteiger partial charge in [0, 0.05) is 6.04 Å². The van der Waals surface area contributed by atoms with Crippen molar-refractivity contribution in [1.29, 1.82) is 0 Å². The molecule has 1 unspecified atom stereocenters. The summed E-state index contributed by atoms with van der Waals surface area (Å²) in [5.41, 5.74) is 6.00. The van der Waals surface area contributed by atoms with Crippen LogP contribution in [0, 0.1) is 5.82 Å². The number of nitrogen functional groups attached to an aromatic ring is 1. The number of carboxylic acids is 1. The predicted molar refractivity (Wildman–Crippen MR) is 70.4 cm³/mol. The lowest BCUT2D eigenvalue weighted by Crippen LogP contribution is -2.16. The summed E-state index contributed by atoms with van der Waals surface area (Å²) in [5, 5.41) is 11.9. The van der Waals surface area contributed by atoms with Gasteiger partial charge in [0.25, 0.3) is 0 Å². The van der Waals surface area contributed by atoms with E-state index in [9.17, 15) is 9.18 Å². The lowest BCUT2D eigenvalue weighted by Gasteiger charge is -2.17. The monoisotopic (exact) mass is 254 g/mol. The van der Waals surface area contributed by atoms with Crippen molar-refractivity contribution in [3.8, 4) is 0 Å². The van der Waals surface area contributed by atoms with Crippen molar-refractivity contribution in [2.75, 3.05) is 11.1 Å². The van der Waals surface area contributed by atoms with Crippen LogP contribution < -0.4 is 11.1 Å². The molecule has 0 aromatic heterocycles. The van der Waals surface area contributed by atoms with Crippen LogP contribution in [0.2, 0.25) is 0 Å². The first-order chi connectivity index (χ1) is 8.45. The Morgan fingerprint density at radius 2 is 2.22 bits per heavy atom. The van der Waals surface area contributed by atoms with E-state index in [4.69, 9.17) is 10.8 Å². The molecular weight excluding hydrogens is 235 g/mol. The second kappa shape index (κ2) is 6.23. The molecule has 0 amide bonds. The molecule has 1 aromatic rings. The lowest BCUT2D eigenvalue weighted by molar-refractivity contribution is 0.0692. The molecule has 4 nitrogen and oxygen atoms in total. The SMILES string of the molecule is CCCCC(C)Nc1cc(F)c(C(=O)O)cc1N. The molecule has 0 saturated heterocycles. The van der Waals surface area contributed by atoms with E-state index in [0.29, 0.717) is 5.69 Å². The Hall–Kier alpha value is -1.78. The molecule has 18 heavy (non-hydrogen) atoms. The highest BCUT2D eigenvalue weighted by Crippen LogP contribution is 2.24. The molecule has 0 heterocycles. The number of rotatable bonds is 6. The first kappa shape index (κ1) is 14.3. The molecule has 0 aliphatic rings. The topological polar surface area (TPSA) is 75.3 Å². The van der Waals surface area contributed by atoms with Crippen LogP contribution in [0.1, 0.15) is 43.5 Å². The minimum absolute atomic E-state index is 0.169. The van der Waals surface area contributed by atoms with E-state index >= 15 is 0 Å². The summed E-state index contributed by atoms with van der Waals surface area (Å²) in [4.78, 5) is 10.7. The Morgan fingerprint density at radius 1 is 1.56 bits per heavy atom. The van der Waals surface area contributed by atoms with Crippen molar-refractivity contribution in [1.82, 2.24) is 0 Å². The molecule has 0 aliphatic carbocycles. The van der Waals surface area contributed by atoms with Crippen molar-refractivity contribution < 1.29 is 14.3 Å². The van der Waals surface area contributed by atoms with Gasteiger partial charge in [-0.2, -0.15) is 0 Å². The van der Waals surface area contributed by atoms with Gasteiger partial charge in [0.1, 0.15) is 5.82 Å². The lowest BCUT2D eigenvalue weighted by atomic mass is 10.1. The highest BCUT2D eigenvalue weighted by Gasteiger charge is 2.14. The van der Waals surface area contributed by atoms with Gasteiger partial charge in [-0.25, -0.2) is 9.18 Å². The van der Waals surface area contributed by atoms with Crippen molar-refractivity contribution in [2.45, 2.75) is 39.2 Å². The normalized spacial score (nSPS) is 12.2. The minimum Gasteiger partial charge on any atom is -0.478 e. The number of aromatic carboxylic acids is 1. The van der Waals surface area contributed by atoms with E-state index in [0.717, 1.165) is 31.4 Å². The summed E-state index contributed by atoms with van der Waals surface area (Å²) in [6.07, 6.45) is 3.12. The fourth-order valence-corrected chi connectivity index (χ4v) is 1.73. The fourth-order valence-electron chi connectivity index (χ4n) is 1.73. The Kier molecular flexibility index (Phi) is 4.95. The Bertz CT molecular complexity index is 435. The van der Waals surface area contributed by atoms with Crippen molar-refractivity contribution in [3.63, 3.8) is 0 Å². The summed E-state index contributed by atoms with van der Waals surface area (Å²) in [7, 11) is 0. The molecule has 5 heteroatoms. The standard InChI is InChI=1S/C13H19FN2O2/c1-3-4-5-8(2)16-12-7-10(14)9(13(17)18)6-11(12)15/h6-8,16H,3-5,15H2,1-2H3,(H,17,18). The average molecular weight is 254 g/mol. The van der Waals surface area contributed by atoms with E-state index < -0.39 is 17.3 Å². The van der Waals surface area contributed by atoms with Crippen LogP contribution >= 0.6 is 0 Å². The Balaban J connectivity index is 2.84. The zero-order valence-electron chi connectivity index (χ0n) is 10.7. The molecule has 0 fully saturated rings. The van der Waals surface area contributed by atoms with Crippen molar-refractivity contribution in [2.24, 2.45) is 0 Å². The maximum atomic E-state index is 13.5. The molecule has 0 saturated carbocycles. The van der Waals surface area contributed by atoms with Gasteiger partial charge in [-0.15, -0.1) is 0 Å². The number of halogens is 1. The van der Waals surface area contributed by atoms with Crippen LogP contribution in [-0.4, -0.2) is 17.1 Å². The number of carbonyl (C=O) groups is 1. The summed E-state index contributed by atoms with van der Waals surface area (Å²) < 4.78 is 13.5. The molecule has 1 rings (SSSR count). The number of benzene rings is 1. The maximum absolute atomic E-state index is 13.5.